The zero-order chi connectivity index (χ0) is 22.2. The molecule has 0 aliphatic carbocycles. The zero-order valence-corrected chi connectivity index (χ0v) is 19.0. The normalized spacial score (nSPS) is 24.6. The summed E-state index contributed by atoms with van der Waals surface area (Å²) in [5.41, 5.74) is 1.57. The third-order valence-corrected chi connectivity index (χ3v) is 7.54. The molecular weight excluding hydrogens is 402 g/mol. The number of nitrogens with one attached hydrogen (secondary N) is 2. The van der Waals surface area contributed by atoms with Gasteiger partial charge in [0.1, 0.15) is 17.5 Å². The Balaban J connectivity index is 1.85. The molecule has 164 valence electrons. The van der Waals surface area contributed by atoms with E-state index in [-0.39, 0.29) is 35.6 Å². The van der Waals surface area contributed by atoms with Crippen LogP contribution in [-0.2, 0) is 9.59 Å². The van der Waals surface area contributed by atoms with Crippen molar-refractivity contribution in [2.45, 2.75) is 69.3 Å². The summed E-state index contributed by atoms with van der Waals surface area (Å²) >= 11 is 1.60. The summed E-state index contributed by atoms with van der Waals surface area (Å²) in [6.45, 7) is 9.31. The smallest absolute Gasteiger partial charge is 0.256 e. The minimum atomic E-state index is -0.739. The number of thioether (sulfide) groups is 1. The highest BCUT2D eigenvalue weighted by atomic mass is 32.2. The molecule has 1 fully saturated rings. The summed E-state index contributed by atoms with van der Waals surface area (Å²) in [5, 5.41) is 14.7. The van der Waals surface area contributed by atoms with Crippen LogP contribution in [0.4, 0.5) is 0 Å². The topological polar surface area (TPSA) is 98.7 Å². The molecule has 0 bridgehead atoms. The number of aliphatic hydroxyl groups excluding tert-OH is 1. The van der Waals surface area contributed by atoms with Crippen LogP contribution < -0.4 is 10.6 Å². The van der Waals surface area contributed by atoms with Crippen LogP contribution >= 0.6 is 11.8 Å². The van der Waals surface area contributed by atoms with Crippen molar-refractivity contribution in [2.75, 3.05) is 6.61 Å². The Morgan fingerprint density at radius 2 is 1.90 bits per heavy atom. The van der Waals surface area contributed by atoms with Gasteiger partial charge in [0.25, 0.3) is 5.91 Å². The Morgan fingerprint density at radius 1 is 1.23 bits per heavy atom. The number of amides is 3. The Labute approximate surface area is 182 Å². The first-order valence-electron chi connectivity index (χ1n) is 10.4. The van der Waals surface area contributed by atoms with E-state index in [1.54, 1.807) is 29.7 Å². The van der Waals surface area contributed by atoms with Crippen LogP contribution in [0, 0.1) is 5.92 Å². The number of rotatable bonds is 7. The van der Waals surface area contributed by atoms with Crippen LogP contribution in [0.15, 0.2) is 24.3 Å². The van der Waals surface area contributed by atoms with Crippen LogP contribution in [0.25, 0.3) is 0 Å². The van der Waals surface area contributed by atoms with E-state index < -0.39 is 22.9 Å². The van der Waals surface area contributed by atoms with Gasteiger partial charge in [0, 0.05) is 16.4 Å². The van der Waals surface area contributed by atoms with E-state index in [1.807, 2.05) is 45.9 Å². The molecule has 2 unspecified atom stereocenters. The van der Waals surface area contributed by atoms with E-state index in [0.717, 1.165) is 5.56 Å². The molecular formula is C22H31N3O4S. The number of aliphatic hydroxyl groups is 1. The molecule has 0 aromatic heterocycles. The molecule has 3 N–H and O–H groups in total. The number of fused-ring (bicyclic) bond motifs is 3. The number of carbonyl (C=O) groups is 3. The number of nitrogens with zero attached hydrogens (tertiary/aromatic N) is 1. The fourth-order valence-corrected chi connectivity index (χ4v) is 5.71. The number of benzene rings is 1. The Hall–Kier alpha value is -2.06. The first-order chi connectivity index (χ1) is 14.1. The number of hydrogen-bond acceptors (Lipinski definition) is 5. The van der Waals surface area contributed by atoms with Gasteiger partial charge in [-0.3, -0.25) is 14.4 Å². The highest BCUT2D eigenvalue weighted by molar-refractivity contribution is 8.01. The first-order valence-corrected chi connectivity index (χ1v) is 11.3. The van der Waals surface area contributed by atoms with Gasteiger partial charge in [-0.15, -0.1) is 11.8 Å². The maximum absolute atomic E-state index is 13.4. The number of carbonyl (C=O) groups excluding carboxylic acids is 3. The molecule has 5 atom stereocenters. The molecule has 2 aliphatic rings. The summed E-state index contributed by atoms with van der Waals surface area (Å²) in [4.78, 5) is 41.0. The minimum Gasteiger partial charge on any atom is -0.394 e. The van der Waals surface area contributed by atoms with Crippen molar-refractivity contribution in [3.63, 3.8) is 0 Å². The molecule has 8 heteroatoms. The Bertz CT molecular complexity index is 843. The molecule has 3 amide bonds. The van der Waals surface area contributed by atoms with Crippen LogP contribution in [0.2, 0.25) is 0 Å². The van der Waals surface area contributed by atoms with Gasteiger partial charge in [-0.2, -0.15) is 0 Å². The Kier molecular flexibility index (Phi) is 6.48. The maximum Gasteiger partial charge on any atom is 0.256 e. The van der Waals surface area contributed by atoms with Gasteiger partial charge in [0.15, 0.2) is 0 Å². The lowest BCUT2D eigenvalue weighted by molar-refractivity contribution is -0.133. The largest absolute Gasteiger partial charge is 0.394 e. The van der Waals surface area contributed by atoms with Crippen LogP contribution in [-0.4, -0.2) is 57.2 Å². The van der Waals surface area contributed by atoms with Gasteiger partial charge < -0.3 is 20.6 Å². The average molecular weight is 434 g/mol. The van der Waals surface area contributed by atoms with Crippen molar-refractivity contribution in [2.24, 2.45) is 5.92 Å². The van der Waals surface area contributed by atoms with E-state index in [4.69, 9.17) is 0 Å². The van der Waals surface area contributed by atoms with Crippen molar-refractivity contribution in [1.82, 2.24) is 15.5 Å². The van der Waals surface area contributed by atoms with E-state index in [2.05, 4.69) is 10.6 Å². The second kappa shape index (κ2) is 8.59. The predicted molar refractivity (Wildman–Crippen MR) is 117 cm³/mol. The molecule has 3 rings (SSSR count). The molecule has 30 heavy (non-hydrogen) atoms. The van der Waals surface area contributed by atoms with Crippen molar-refractivity contribution < 1.29 is 19.5 Å². The van der Waals surface area contributed by atoms with Crippen molar-refractivity contribution in [1.29, 1.82) is 0 Å². The third-order valence-electron chi connectivity index (χ3n) is 6.00. The van der Waals surface area contributed by atoms with Gasteiger partial charge in [-0.1, -0.05) is 38.5 Å². The van der Waals surface area contributed by atoms with Crippen molar-refractivity contribution in [3.8, 4) is 0 Å². The van der Waals surface area contributed by atoms with Crippen LogP contribution in [0.3, 0.4) is 0 Å². The second-order valence-corrected chi connectivity index (χ2v) is 10.5. The maximum atomic E-state index is 13.4. The first kappa shape index (κ1) is 22.6. The summed E-state index contributed by atoms with van der Waals surface area (Å²) < 4.78 is -0.507. The zero-order valence-electron chi connectivity index (χ0n) is 18.1. The van der Waals surface area contributed by atoms with Crippen LogP contribution in [0.1, 0.15) is 62.3 Å². The quantitative estimate of drug-likeness (QED) is 0.611. The molecule has 0 radical (unpaired) electrons. The fraction of sp³-hybridized carbons (Fsp3) is 0.591. The fourth-order valence-electron chi connectivity index (χ4n) is 4.12. The molecule has 1 saturated heterocycles. The lowest BCUT2D eigenvalue weighted by Crippen LogP contribution is -2.59. The molecule has 1 aromatic rings. The SMILES string of the molecule is CCC(C)[C@H](NC(=O)[C@H]1N2C(=O)c3ccccc3C2SC1(C)C)C(=O)N[C@@H](C)CO. The molecule has 1 aromatic carbocycles. The molecule has 0 spiro atoms. The standard InChI is InChI=1S/C22H31N3O4S/c1-6-12(2)16(18(27)23-13(3)11-26)24-19(28)17-22(4,5)30-21-15-10-8-7-9-14(15)20(29)25(17)21/h7-10,12-13,16-17,21,26H,6,11H2,1-5H3,(H,23,27)(H,24,28)/t12?,13-,16-,17+,21?/m0/s1. The lowest BCUT2D eigenvalue weighted by atomic mass is 9.95. The Morgan fingerprint density at radius 3 is 2.53 bits per heavy atom. The highest BCUT2D eigenvalue weighted by Crippen LogP contribution is 2.56. The summed E-state index contributed by atoms with van der Waals surface area (Å²) in [5.74, 6) is -0.893. The minimum absolute atomic E-state index is 0.0979. The average Bonchev–Trinajstić information content (AvgIpc) is 3.14. The summed E-state index contributed by atoms with van der Waals surface area (Å²) in [6.07, 6.45) is 0.700. The van der Waals surface area contributed by atoms with Gasteiger partial charge in [0.2, 0.25) is 11.8 Å². The molecule has 2 heterocycles. The molecule has 0 saturated carbocycles. The predicted octanol–water partition coefficient (Wildman–Crippen LogP) is 2.06. The van der Waals surface area contributed by atoms with Crippen molar-refractivity contribution in [3.05, 3.63) is 35.4 Å². The van der Waals surface area contributed by atoms with Gasteiger partial charge >= 0.3 is 0 Å². The molecule has 2 aliphatic heterocycles. The molecule has 7 nitrogen and oxygen atoms in total. The highest BCUT2D eigenvalue weighted by Gasteiger charge is 2.57. The monoisotopic (exact) mass is 433 g/mol. The van der Waals surface area contributed by atoms with Gasteiger partial charge in [-0.05, 0) is 38.3 Å². The van der Waals surface area contributed by atoms with E-state index in [0.29, 0.717) is 12.0 Å². The third kappa shape index (κ3) is 3.95. The van der Waals surface area contributed by atoms with Gasteiger partial charge in [0.05, 0.1) is 6.61 Å². The number of hydrogen-bond donors (Lipinski definition) is 3. The van der Waals surface area contributed by atoms with E-state index in [1.165, 1.54) is 0 Å². The van der Waals surface area contributed by atoms with E-state index >= 15 is 0 Å². The van der Waals surface area contributed by atoms with E-state index in [9.17, 15) is 19.5 Å². The summed E-state index contributed by atoms with van der Waals surface area (Å²) in [6, 6.07) is 5.63. The van der Waals surface area contributed by atoms with Gasteiger partial charge in [-0.25, -0.2) is 0 Å². The summed E-state index contributed by atoms with van der Waals surface area (Å²) in [7, 11) is 0. The second-order valence-electron chi connectivity index (χ2n) is 8.74. The van der Waals surface area contributed by atoms with Crippen LogP contribution in [0.5, 0.6) is 0 Å². The van der Waals surface area contributed by atoms with Crippen molar-refractivity contribution >= 4 is 29.5 Å². The lowest BCUT2D eigenvalue weighted by Gasteiger charge is -2.32.